The quantitative estimate of drug-likeness (QED) is 0.489. The van der Waals surface area contributed by atoms with E-state index in [0.29, 0.717) is 5.52 Å². The van der Waals surface area contributed by atoms with Gasteiger partial charge in [-0.2, -0.15) is 0 Å². The molecular weight excluding hydrogens is 293 g/mol. The van der Waals surface area contributed by atoms with Crippen LogP contribution >= 0.6 is 0 Å². The molecule has 6 nitrogen and oxygen atoms in total. The SMILES string of the molecule is CCOC(=O)C(=O)c1c(C(=O)OC)n(C)c2cc(F)ccc12. The maximum atomic E-state index is 13.4. The number of ether oxygens (including phenoxy) is 2. The van der Waals surface area contributed by atoms with E-state index in [9.17, 15) is 18.8 Å². The van der Waals surface area contributed by atoms with E-state index in [1.54, 1.807) is 6.92 Å². The molecule has 22 heavy (non-hydrogen) atoms. The van der Waals surface area contributed by atoms with Crippen LogP contribution in [0.25, 0.3) is 10.9 Å². The zero-order chi connectivity index (χ0) is 16.4. The first-order valence-corrected chi connectivity index (χ1v) is 6.50. The average Bonchev–Trinajstić information content (AvgIpc) is 2.78. The molecular formula is C15H14FNO5. The molecule has 0 N–H and O–H groups in total. The average molecular weight is 307 g/mol. The minimum absolute atomic E-state index is 0.0253. The maximum absolute atomic E-state index is 13.4. The summed E-state index contributed by atoms with van der Waals surface area (Å²) in [4.78, 5) is 36.0. The van der Waals surface area contributed by atoms with Crippen LogP contribution in [0.5, 0.6) is 0 Å². The monoisotopic (exact) mass is 307 g/mol. The molecule has 0 atom stereocenters. The second-order valence-corrected chi connectivity index (χ2v) is 4.49. The smallest absolute Gasteiger partial charge is 0.379 e. The van der Waals surface area contributed by atoms with E-state index in [4.69, 9.17) is 0 Å². The summed E-state index contributed by atoms with van der Waals surface area (Å²) < 4.78 is 24.1. The fourth-order valence-electron chi connectivity index (χ4n) is 2.27. The predicted octanol–water partition coefficient (Wildman–Crippen LogP) is 1.85. The molecule has 0 aliphatic carbocycles. The third-order valence-corrected chi connectivity index (χ3v) is 3.23. The van der Waals surface area contributed by atoms with Gasteiger partial charge in [-0.25, -0.2) is 14.0 Å². The van der Waals surface area contributed by atoms with Crippen molar-refractivity contribution in [2.75, 3.05) is 13.7 Å². The van der Waals surface area contributed by atoms with Crippen molar-refractivity contribution in [1.82, 2.24) is 4.57 Å². The van der Waals surface area contributed by atoms with Crippen LogP contribution in [0.2, 0.25) is 0 Å². The first kappa shape index (κ1) is 15.7. The van der Waals surface area contributed by atoms with E-state index in [1.165, 1.54) is 23.7 Å². The Morgan fingerprint density at radius 3 is 2.55 bits per heavy atom. The number of aryl methyl sites for hydroxylation is 1. The Morgan fingerprint density at radius 1 is 1.27 bits per heavy atom. The molecule has 1 aromatic heterocycles. The Labute approximate surface area is 125 Å². The first-order chi connectivity index (χ1) is 10.4. The number of Topliss-reactive ketones (excluding diaryl/α,β-unsaturated/α-hetero) is 1. The van der Waals surface area contributed by atoms with E-state index >= 15 is 0 Å². The van der Waals surface area contributed by atoms with Crippen LogP contribution < -0.4 is 0 Å². The van der Waals surface area contributed by atoms with Crippen molar-refractivity contribution in [3.8, 4) is 0 Å². The van der Waals surface area contributed by atoms with Gasteiger partial charge in [0.25, 0.3) is 5.78 Å². The summed E-state index contributed by atoms with van der Waals surface area (Å²) in [6.45, 7) is 1.59. The zero-order valence-corrected chi connectivity index (χ0v) is 12.3. The van der Waals surface area contributed by atoms with E-state index < -0.39 is 23.5 Å². The first-order valence-electron chi connectivity index (χ1n) is 6.50. The van der Waals surface area contributed by atoms with Gasteiger partial charge < -0.3 is 14.0 Å². The molecule has 116 valence electrons. The number of aromatic nitrogens is 1. The van der Waals surface area contributed by atoms with Crippen LogP contribution in [0.3, 0.4) is 0 Å². The number of rotatable bonds is 4. The highest BCUT2D eigenvalue weighted by atomic mass is 19.1. The van der Waals surface area contributed by atoms with Crippen LogP contribution in [0, 0.1) is 5.82 Å². The molecule has 1 aromatic carbocycles. The summed E-state index contributed by atoms with van der Waals surface area (Å²) in [5, 5.41) is 0.280. The van der Waals surface area contributed by atoms with Gasteiger partial charge in [0, 0.05) is 12.4 Å². The summed E-state index contributed by atoms with van der Waals surface area (Å²) in [6.07, 6.45) is 0. The van der Waals surface area contributed by atoms with Gasteiger partial charge in [-0.3, -0.25) is 4.79 Å². The van der Waals surface area contributed by atoms with Crippen molar-refractivity contribution in [2.45, 2.75) is 6.92 Å². The summed E-state index contributed by atoms with van der Waals surface area (Å²) in [5.41, 5.74) is 0.0250. The lowest BCUT2D eigenvalue weighted by atomic mass is 10.1. The van der Waals surface area contributed by atoms with Crippen molar-refractivity contribution in [1.29, 1.82) is 0 Å². The molecule has 0 saturated carbocycles. The third kappa shape index (κ3) is 2.45. The number of benzene rings is 1. The molecule has 2 rings (SSSR count). The Morgan fingerprint density at radius 2 is 1.95 bits per heavy atom. The molecule has 0 saturated heterocycles. The number of nitrogens with zero attached hydrogens (tertiary/aromatic N) is 1. The Bertz CT molecular complexity index is 778. The number of hydrogen-bond donors (Lipinski definition) is 0. The molecule has 7 heteroatoms. The summed E-state index contributed by atoms with van der Waals surface area (Å²) in [5.74, 6) is -3.38. The van der Waals surface area contributed by atoms with Crippen LogP contribution in [0.4, 0.5) is 4.39 Å². The molecule has 0 fully saturated rings. The van der Waals surface area contributed by atoms with Gasteiger partial charge in [0.15, 0.2) is 0 Å². The van der Waals surface area contributed by atoms with Crippen molar-refractivity contribution in [3.63, 3.8) is 0 Å². The van der Waals surface area contributed by atoms with E-state index in [0.717, 1.165) is 13.2 Å². The normalized spacial score (nSPS) is 10.5. The highest BCUT2D eigenvalue weighted by Crippen LogP contribution is 2.27. The largest absolute Gasteiger partial charge is 0.464 e. The molecule has 0 spiro atoms. The van der Waals surface area contributed by atoms with E-state index in [2.05, 4.69) is 9.47 Å². The van der Waals surface area contributed by atoms with Gasteiger partial charge in [0.2, 0.25) is 0 Å². The fourth-order valence-corrected chi connectivity index (χ4v) is 2.27. The van der Waals surface area contributed by atoms with Crippen LogP contribution in [-0.2, 0) is 21.3 Å². The van der Waals surface area contributed by atoms with Crippen molar-refractivity contribution in [3.05, 3.63) is 35.3 Å². The predicted molar refractivity (Wildman–Crippen MR) is 75.2 cm³/mol. The second kappa shape index (κ2) is 5.97. The number of carbonyl (C=O) groups is 3. The molecule has 1 heterocycles. The van der Waals surface area contributed by atoms with Gasteiger partial charge in [-0.05, 0) is 25.1 Å². The summed E-state index contributed by atoms with van der Waals surface area (Å²) in [6, 6.07) is 3.65. The van der Waals surface area contributed by atoms with Gasteiger partial charge in [0.1, 0.15) is 11.5 Å². The second-order valence-electron chi connectivity index (χ2n) is 4.49. The van der Waals surface area contributed by atoms with Crippen LogP contribution in [0.15, 0.2) is 18.2 Å². The summed E-state index contributed by atoms with van der Waals surface area (Å²) in [7, 11) is 2.63. The number of ketones is 1. The van der Waals surface area contributed by atoms with Gasteiger partial charge in [-0.15, -0.1) is 0 Å². The molecule has 0 radical (unpaired) electrons. The van der Waals surface area contributed by atoms with Gasteiger partial charge in [0.05, 0.1) is 24.8 Å². The van der Waals surface area contributed by atoms with E-state index in [1.807, 2.05) is 0 Å². The topological polar surface area (TPSA) is 74.6 Å². The Hall–Kier alpha value is -2.70. The van der Waals surface area contributed by atoms with E-state index in [-0.39, 0.29) is 23.3 Å². The van der Waals surface area contributed by atoms with Gasteiger partial charge in [-0.1, -0.05) is 0 Å². The molecule has 2 aromatic rings. The molecule has 0 aliphatic heterocycles. The number of carbonyl (C=O) groups excluding carboxylic acids is 3. The fraction of sp³-hybridized carbons (Fsp3) is 0.267. The lowest BCUT2D eigenvalue weighted by Crippen LogP contribution is -2.21. The molecule has 0 aliphatic rings. The van der Waals surface area contributed by atoms with Crippen molar-refractivity contribution < 1.29 is 28.2 Å². The Balaban J connectivity index is 2.77. The minimum Gasteiger partial charge on any atom is -0.464 e. The minimum atomic E-state index is -1.08. The lowest BCUT2D eigenvalue weighted by molar-refractivity contribution is -0.137. The van der Waals surface area contributed by atoms with Gasteiger partial charge >= 0.3 is 11.9 Å². The standard InChI is InChI=1S/C15H14FNO5/c1-4-22-15(20)13(18)11-9-6-5-8(16)7-10(9)17(2)12(11)14(19)21-3/h5-7H,4H2,1-3H3. The highest BCUT2D eigenvalue weighted by molar-refractivity contribution is 6.44. The molecule has 0 unspecified atom stereocenters. The van der Waals surface area contributed by atoms with Crippen LogP contribution in [-0.4, -0.2) is 36.0 Å². The maximum Gasteiger partial charge on any atom is 0.379 e. The Kier molecular flexibility index (Phi) is 4.25. The zero-order valence-electron chi connectivity index (χ0n) is 12.3. The van der Waals surface area contributed by atoms with Crippen molar-refractivity contribution >= 4 is 28.6 Å². The lowest BCUT2D eigenvalue weighted by Gasteiger charge is -2.05. The van der Waals surface area contributed by atoms with Crippen LogP contribution in [0.1, 0.15) is 27.8 Å². The number of hydrogen-bond acceptors (Lipinski definition) is 5. The number of esters is 2. The molecule has 0 amide bonds. The number of halogens is 1. The number of methoxy groups -OCH3 is 1. The number of fused-ring (bicyclic) bond motifs is 1. The van der Waals surface area contributed by atoms with Crippen molar-refractivity contribution in [2.24, 2.45) is 7.05 Å². The summed E-state index contributed by atoms with van der Waals surface area (Å²) >= 11 is 0. The molecule has 0 bridgehead atoms. The highest BCUT2D eigenvalue weighted by Gasteiger charge is 2.31. The third-order valence-electron chi connectivity index (χ3n) is 3.23.